The van der Waals surface area contributed by atoms with E-state index in [0.717, 1.165) is 31.7 Å². The van der Waals surface area contributed by atoms with E-state index in [-0.39, 0.29) is 24.6 Å². The molecule has 0 spiro atoms. The van der Waals surface area contributed by atoms with Crippen LogP contribution < -0.4 is 10.2 Å². The number of hydrogen-bond donors (Lipinski definition) is 2. The Bertz CT molecular complexity index is 829. The third-order valence-electron chi connectivity index (χ3n) is 5.83. The zero-order valence-electron chi connectivity index (χ0n) is 19.2. The Morgan fingerprint density at radius 3 is 2.59 bits per heavy atom. The third-order valence-corrected chi connectivity index (χ3v) is 5.83. The first kappa shape index (κ1) is 24.2. The van der Waals surface area contributed by atoms with Crippen LogP contribution in [0.1, 0.15) is 35.3 Å². The standard InChI is InChI=1S/C25H35N3O4/c1-19(29)15-26-25(30)21-9-11-22(12-10-21)27(2)24(20-7-5-4-6-8-20)17-28-14-13-23(16-28)32-18-31-3/h4-12,19,23-24,29H,13-18H2,1-3H3,(H,26,30). The SMILES string of the molecule is COCOC1CCN(CC(c2ccccc2)N(C)c2ccc(C(=O)NCC(C)O)cc2)C1. The van der Waals surface area contributed by atoms with Crippen molar-refractivity contribution in [3.63, 3.8) is 0 Å². The minimum atomic E-state index is -0.568. The summed E-state index contributed by atoms with van der Waals surface area (Å²) in [6, 6.07) is 18.3. The summed E-state index contributed by atoms with van der Waals surface area (Å²) in [6.07, 6.45) is 0.641. The topological polar surface area (TPSA) is 74.3 Å². The highest BCUT2D eigenvalue weighted by Crippen LogP contribution is 2.28. The largest absolute Gasteiger partial charge is 0.392 e. The maximum absolute atomic E-state index is 12.3. The maximum atomic E-state index is 12.3. The summed E-state index contributed by atoms with van der Waals surface area (Å²) in [7, 11) is 3.74. The van der Waals surface area contributed by atoms with Crippen molar-refractivity contribution in [2.24, 2.45) is 0 Å². The number of hydrogen-bond acceptors (Lipinski definition) is 6. The molecular formula is C25H35N3O4. The zero-order chi connectivity index (χ0) is 22.9. The smallest absolute Gasteiger partial charge is 0.251 e. The minimum Gasteiger partial charge on any atom is -0.392 e. The highest BCUT2D eigenvalue weighted by atomic mass is 16.7. The lowest BCUT2D eigenvalue weighted by molar-refractivity contribution is -0.0671. The predicted molar refractivity (Wildman–Crippen MR) is 126 cm³/mol. The van der Waals surface area contributed by atoms with E-state index >= 15 is 0 Å². The number of ether oxygens (including phenoxy) is 2. The van der Waals surface area contributed by atoms with E-state index in [4.69, 9.17) is 9.47 Å². The molecule has 1 fully saturated rings. The molecular weight excluding hydrogens is 406 g/mol. The van der Waals surface area contributed by atoms with Crippen LogP contribution in [-0.2, 0) is 9.47 Å². The van der Waals surface area contributed by atoms with Crippen LogP contribution in [0.5, 0.6) is 0 Å². The molecule has 1 aliphatic rings. The average molecular weight is 442 g/mol. The number of methoxy groups -OCH3 is 1. The van der Waals surface area contributed by atoms with Gasteiger partial charge in [0.1, 0.15) is 6.79 Å². The summed E-state index contributed by atoms with van der Waals surface area (Å²) >= 11 is 0. The second-order valence-electron chi connectivity index (χ2n) is 8.39. The van der Waals surface area contributed by atoms with Gasteiger partial charge in [0.25, 0.3) is 5.91 Å². The van der Waals surface area contributed by atoms with Gasteiger partial charge < -0.3 is 24.8 Å². The summed E-state index contributed by atoms with van der Waals surface area (Å²) < 4.78 is 10.8. The number of amides is 1. The number of nitrogens with one attached hydrogen (secondary N) is 1. The number of carbonyl (C=O) groups is 1. The Labute approximate surface area is 190 Å². The lowest BCUT2D eigenvalue weighted by Crippen LogP contribution is -2.36. The van der Waals surface area contributed by atoms with Gasteiger partial charge in [-0.15, -0.1) is 0 Å². The first-order valence-electron chi connectivity index (χ1n) is 11.1. The Kier molecular flexibility index (Phi) is 9.05. The minimum absolute atomic E-state index is 0.160. The van der Waals surface area contributed by atoms with Crippen molar-refractivity contribution in [3.05, 3.63) is 65.7 Å². The molecule has 2 aromatic carbocycles. The predicted octanol–water partition coefficient (Wildman–Crippen LogP) is 2.67. The van der Waals surface area contributed by atoms with Crippen molar-refractivity contribution in [1.82, 2.24) is 10.2 Å². The molecule has 3 rings (SSSR count). The van der Waals surface area contributed by atoms with Crippen LogP contribution in [0, 0.1) is 0 Å². The molecule has 7 nitrogen and oxygen atoms in total. The third kappa shape index (κ3) is 6.77. The van der Waals surface area contributed by atoms with Crippen molar-refractivity contribution in [2.75, 3.05) is 52.0 Å². The van der Waals surface area contributed by atoms with Gasteiger partial charge in [0.2, 0.25) is 0 Å². The summed E-state index contributed by atoms with van der Waals surface area (Å²) in [4.78, 5) is 17.0. The number of nitrogens with zero attached hydrogens (tertiary/aromatic N) is 2. The van der Waals surface area contributed by atoms with Gasteiger partial charge in [-0.2, -0.15) is 0 Å². The van der Waals surface area contributed by atoms with Gasteiger partial charge in [-0.25, -0.2) is 0 Å². The van der Waals surface area contributed by atoms with E-state index < -0.39 is 6.10 Å². The van der Waals surface area contributed by atoms with E-state index in [1.807, 2.05) is 30.3 Å². The second kappa shape index (κ2) is 12.0. The molecule has 7 heteroatoms. The van der Waals surface area contributed by atoms with Crippen LogP contribution in [-0.4, -0.2) is 75.3 Å². The van der Waals surface area contributed by atoms with Crippen LogP contribution in [0.2, 0.25) is 0 Å². The monoisotopic (exact) mass is 441 g/mol. The Balaban J connectivity index is 1.70. The quantitative estimate of drug-likeness (QED) is 0.523. The van der Waals surface area contributed by atoms with E-state index in [1.54, 1.807) is 14.0 Å². The molecule has 3 atom stereocenters. The molecule has 32 heavy (non-hydrogen) atoms. The molecule has 1 aliphatic heterocycles. The van der Waals surface area contributed by atoms with E-state index in [2.05, 4.69) is 46.4 Å². The molecule has 3 unspecified atom stereocenters. The fourth-order valence-electron chi connectivity index (χ4n) is 4.00. The number of likely N-dealkylation sites (tertiary alicyclic amines) is 1. The average Bonchev–Trinajstić information content (AvgIpc) is 3.27. The van der Waals surface area contributed by atoms with Crippen molar-refractivity contribution < 1.29 is 19.4 Å². The van der Waals surface area contributed by atoms with Crippen molar-refractivity contribution in [3.8, 4) is 0 Å². The maximum Gasteiger partial charge on any atom is 0.251 e. The summed E-state index contributed by atoms with van der Waals surface area (Å²) in [5, 5.41) is 12.1. The number of rotatable bonds is 11. The van der Waals surface area contributed by atoms with Crippen molar-refractivity contribution in [2.45, 2.75) is 31.6 Å². The number of aliphatic hydroxyl groups excluding tert-OH is 1. The molecule has 174 valence electrons. The van der Waals surface area contributed by atoms with Crippen LogP contribution in [0.3, 0.4) is 0 Å². The number of likely N-dealkylation sites (N-methyl/N-ethyl adjacent to an activating group) is 1. The summed E-state index contributed by atoms with van der Waals surface area (Å²) in [6.45, 7) is 4.98. The van der Waals surface area contributed by atoms with Crippen LogP contribution >= 0.6 is 0 Å². The summed E-state index contributed by atoms with van der Waals surface area (Å²) in [5.74, 6) is -0.182. The van der Waals surface area contributed by atoms with Crippen LogP contribution in [0.4, 0.5) is 5.69 Å². The first-order valence-corrected chi connectivity index (χ1v) is 11.1. The normalized spacial score (nSPS) is 18.3. The molecule has 0 aliphatic carbocycles. The first-order chi connectivity index (χ1) is 15.5. The Morgan fingerprint density at radius 1 is 1.22 bits per heavy atom. The highest BCUT2D eigenvalue weighted by Gasteiger charge is 2.27. The lowest BCUT2D eigenvalue weighted by Gasteiger charge is -2.34. The highest BCUT2D eigenvalue weighted by molar-refractivity contribution is 5.94. The molecule has 0 radical (unpaired) electrons. The molecule has 2 aromatic rings. The van der Waals surface area contributed by atoms with Gasteiger partial charge >= 0.3 is 0 Å². The van der Waals surface area contributed by atoms with Crippen LogP contribution in [0.15, 0.2) is 54.6 Å². The van der Waals surface area contributed by atoms with Gasteiger partial charge in [0.15, 0.2) is 0 Å². The van der Waals surface area contributed by atoms with Crippen molar-refractivity contribution in [1.29, 1.82) is 0 Å². The van der Waals surface area contributed by atoms with E-state index in [0.29, 0.717) is 12.4 Å². The molecule has 1 saturated heterocycles. The molecule has 0 bridgehead atoms. The molecule has 0 saturated carbocycles. The van der Waals surface area contributed by atoms with E-state index in [1.165, 1.54) is 5.56 Å². The summed E-state index contributed by atoms with van der Waals surface area (Å²) in [5.41, 5.74) is 2.86. The van der Waals surface area contributed by atoms with Gasteiger partial charge in [-0.05, 0) is 43.2 Å². The number of carbonyl (C=O) groups excluding carboxylic acids is 1. The number of anilines is 1. The van der Waals surface area contributed by atoms with Gasteiger partial charge in [-0.1, -0.05) is 30.3 Å². The number of benzene rings is 2. The fourth-order valence-corrected chi connectivity index (χ4v) is 4.00. The van der Waals surface area contributed by atoms with Gasteiger partial charge in [0, 0.05) is 51.6 Å². The second-order valence-corrected chi connectivity index (χ2v) is 8.39. The van der Waals surface area contributed by atoms with Gasteiger partial charge in [0.05, 0.1) is 18.2 Å². The molecule has 2 N–H and O–H groups in total. The molecule has 1 heterocycles. The fraction of sp³-hybridized carbons (Fsp3) is 0.480. The van der Waals surface area contributed by atoms with Crippen molar-refractivity contribution >= 4 is 11.6 Å². The molecule has 1 amide bonds. The Morgan fingerprint density at radius 2 is 1.94 bits per heavy atom. The molecule has 0 aromatic heterocycles. The Hall–Kier alpha value is -2.45. The zero-order valence-corrected chi connectivity index (χ0v) is 19.2. The van der Waals surface area contributed by atoms with Crippen LogP contribution in [0.25, 0.3) is 0 Å². The lowest BCUT2D eigenvalue weighted by atomic mass is 10.0. The van der Waals surface area contributed by atoms with E-state index in [9.17, 15) is 9.90 Å². The van der Waals surface area contributed by atoms with Gasteiger partial charge in [-0.3, -0.25) is 9.69 Å². The number of aliphatic hydroxyl groups is 1.